The fourth-order valence-electron chi connectivity index (χ4n) is 1.65. The van der Waals surface area contributed by atoms with Gasteiger partial charge in [0.05, 0.1) is 5.92 Å². The van der Waals surface area contributed by atoms with Crippen molar-refractivity contribution < 1.29 is 9.59 Å². The molecule has 0 spiro atoms. The molecule has 0 saturated carbocycles. The van der Waals surface area contributed by atoms with Crippen molar-refractivity contribution in [3.05, 3.63) is 66.2 Å². The minimum Gasteiger partial charge on any atom is -0.293 e. The summed E-state index contributed by atoms with van der Waals surface area (Å²) < 4.78 is 0. The number of hydrogen-bond acceptors (Lipinski definition) is 3. The highest BCUT2D eigenvalue weighted by Gasteiger charge is 2.23. The molecule has 2 aromatic rings. The summed E-state index contributed by atoms with van der Waals surface area (Å²) in [6.45, 7) is 1.66. The summed E-state index contributed by atoms with van der Waals surface area (Å²) in [7, 11) is 0. The van der Waals surface area contributed by atoms with Gasteiger partial charge in [0.25, 0.3) is 0 Å². The average molecular weight is 270 g/mol. The molecule has 1 atom stereocenters. The van der Waals surface area contributed by atoms with Gasteiger partial charge in [-0.05, 0) is 19.1 Å². The van der Waals surface area contributed by atoms with Crippen LogP contribution >= 0.6 is 11.8 Å². The van der Waals surface area contributed by atoms with Crippen LogP contribution in [0.5, 0.6) is 0 Å². The Morgan fingerprint density at radius 3 is 2.00 bits per heavy atom. The Morgan fingerprint density at radius 1 is 0.895 bits per heavy atom. The van der Waals surface area contributed by atoms with Crippen LogP contribution in [0.25, 0.3) is 0 Å². The van der Waals surface area contributed by atoms with Crippen molar-refractivity contribution in [3.8, 4) is 0 Å². The first-order valence-electron chi connectivity index (χ1n) is 6.04. The predicted octanol–water partition coefficient (Wildman–Crippen LogP) is 3.82. The van der Waals surface area contributed by atoms with Gasteiger partial charge in [-0.2, -0.15) is 0 Å². The van der Waals surface area contributed by atoms with Gasteiger partial charge in [-0.3, -0.25) is 9.59 Å². The Morgan fingerprint density at radius 2 is 1.42 bits per heavy atom. The molecule has 0 saturated heterocycles. The normalized spacial score (nSPS) is 11.8. The highest BCUT2D eigenvalue weighted by atomic mass is 32.2. The van der Waals surface area contributed by atoms with Crippen molar-refractivity contribution in [1.29, 1.82) is 0 Å². The molecule has 0 aromatic heterocycles. The molecule has 0 aliphatic carbocycles. The van der Waals surface area contributed by atoms with E-state index in [0.717, 1.165) is 16.7 Å². The predicted molar refractivity (Wildman–Crippen MR) is 77.2 cm³/mol. The molecule has 1 unspecified atom stereocenters. The fraction of sp³-hybridized carbons (Fsp3) is 0.125. The Hall–Kier alpha value is -1.87. The molecule has 0 bridgehead atoms. The Labute approximate surface area is 116 Å². The number of rotatable bonds is 4. The number of carbonyl (C=O) groups excluding carboxylic acids is 2. The first-order chi connectivity index (χ1) is 9.18. The minimum atomic E-state index is -0.632. The standard InChI is InChI=1S/C16H14O2S/c1-12(15(17)13-8-4-2-5-9-13)16(18)19-14-10-6-3-7-11-14/h2-12H,1H3. The lowest BCUT2D eigenvalue weighted by Gasteiger charge is -2.08. The number of ketones is 1. The lowest BCUT2D eigenvalue weighted by Crippen LogP contribution is -2.18. The molecule has 0 aliphatic heterocycles. The summed E-state index contributed by atoms with van der Waals surface area (Å²) in [5.41, 5.74) is 0.581. The van der Waals surface area contributed by atoms with Gasteiger partial charge in [-0.1, -0.05) is 60.3 Å². The summed E-state index contributed by atoms with van der Waals surface area (Å²) in [5, 5.41) is -0.125. The third kappa shape index (κ3) is 3.55. The van der Waals surface area contributed by atoms with Gasteiger partial charge in [-0.15, -0.1) is 0 Å². The summed E-state index contributed by atoms with van der Waals surface area (Å²) in [6.07, 6.45) is 0. The van der Waals surface area contributed by atoms with Crippen molar-refractivity contribution >= 4 is 22.7 Å². The number of carbonyl (C=O) groups is 2. The number of benzene rings is 2. The average Bonchev–Trinajstić information content (AvgIpc) is 2.47. The largest absolute Gasteiger partial charge is 0.293 e. The molecule has 0 N–H and O–H groups in total. The summed E-state index contributed by atoms with van der Waals surface area (Å²) in [6, 6.07) is 18.3. The van der Waals surface area contributed by atoms with Crippen LogP contribution in [-0.4, -0.2) is 10.9 Å². The molecule has 0 fully saturated rings. The van der Waals surface area contributed by atoms with Crippen LogP contribution in [0.15, 0.2) is 65.6 Å². The van der Waals surface area contributed by atoms with E-state index in [1.165, 1.54) is 0 Å². The van der Waals surface area contributed by atoms with E-state index in [9.17, 15) is 9.59 Å². The van der Waals surface area contributed by atoms with Crippen LogP contribution in [0.3, 0.4) is 0 Å². The van der Waals surface area contributed by atoms with Crippen LogP contribution in [0.2, 0.25) is 0 Å². The highest BCUT2D eigenvalue weighted by molar-refractivity contribution is 8.13. The number of Topliss-reactive ketones (excluding diaryl/α,β-unsaturated/α-hetero) is 1. The smallest absolute Gasteiger partial charge is 0.204 e. The second-order valence-electron chi connectivity index (χ2n) is 4.19. The fourth-order valence-corrected chi connectivity index (χ4v) is 2.46. The summed E-state index contributed by atoms with van der Waals surface area (Å²) >= 11 is 1.11. The molecule has 2 rings (SSSR count). The monoisotopic (exact) mass is 270 g/mol. The Bertz CT molecular complexity index is 564. The van der Waals surface area contributed by atoms with Crippen LogP contribution in [0.1, 0.15) is 17.3 Å². The lowest BCUT2D eigenvalue weighted by molar-refractivity contribution is -0.112. The number of thioether (sulfide) groups is 1. The van der Waals surface area contributed by atoms with E-state index in [1.54, 1.807) is 31.2 Å². The molecular weight excluding hydrogens is 256 g/mol. The first-order valence-corrected chi connectivity index (χ1v) is 6.86. The van der Waals surface area contributed by atoms with Crippen molar-refractivity contribution in [2.24, 2.45) is 5.92 Å². The summed E-state index contributed by atoms with van der Waals surface area (Å²) in [5.74, 6) is -0.762. The SMILES string of the molecule is CC(C(=O)Sc1ccccc1)C(=O)c1ccccc1. The maximum atomic E-state index is 12.1. The lowest BCUT2D eigenvalue weighted by atomic mass is 10.0. The van der Waals surface area contributed by atoms with Crippen LogP contribution in [-0.2, 0) is 4.79 Å². The molecule has 0 aliphatic rings. The van der Waals surface area contributed by atoms with Gasteiger partial charge in [0, 0.05) is 10.5 Å². The Balaban J connectivity index is 2.06. The van der Waals surface area contributed by atoms with E-state index in [4.69, 9.17) is 0 Å². The van der Waals surface area contributed by atoms with Crippen molar-refractivity contribution in [3.63, 3.8) is 0 Å². The zero-order valence-electron chi connectivity index (χ0n) is 10.6. The maximum absolute atomic E-state index is 12.1. The second kappa shape index (κ2) is 6.34. The first kappa shape index (κ1) is 13.6. The quantitative estimate of drug-likeness (QED) is 0.481. The third-order valence-electron chi connectivity index (χ3n) is 2.77. The van der Waals surface area contributed by atoms with Crippen molar-refractivity contribution in [2.45, 2.75) is 11.8 Å². The zero-order valence-corrected chi connectivity index (χ0v) is 11.4. The molecule has 19 heavy (non-hydrogen) atoms. The van der Waals surface area contributed by atoms with Gasteiger partial charge in [-0.25, -0.2) is 0 Å². The molecule has 3 heteroatoms. The third-order valence-corrected chi connectivity index (χ3v) is 3.83. The van der Waals surface area contributed by atoms with E-state index < -0.39 is 5.92 Å². The van der Waals surface area contributed by atoms with E-state index in [1.807, 2.05) is 36.4 Å². The highest BCUT2D eigenvalue weighted by Crippen LogP contribution is 2.23. The van der Waals surface area contributed by atoms with Crippen molar-refractivity contribution in [1.82, 2.24) is 0 Å². The Kier molecular flexibility index (Phi) is 4.53. The van der Waals surface area contributed by atoms with Crippen LogP contribution in [0, 0.1) is 5.92 Å². The van der Waals surface area contributed by atoms with Gasteiger partial charge in [0.15, 0.2) is 5.78 Å². The van der Waals surface area contributed by atoms with E-state index >= 15 is 0 Å². The van der Waals surface area contributed by atoms with E-state index in [0.29, 0.717) is 5.56 Å². The van der Waals surface area contributed by atoms with Crippen LogP contribution < -0.4 is 0 Å². The van der Waals surface area contributed by atoms with Gasteiger partial charge < -0.3 is 0 Å². The number of hydrogen-bond donors (Lipinski definition) is 0. The molecular formula is C16H14O2S. The molecule has 2 aromatic carbocycles. The van der Waals surface area contributed by atoms with Gasteiger partial charge in [0.1, 0.15) is 0 Å². The minimum absolute atomic E-state index is 0.125. The van der Waals surface area contributed by atoms with Gasteiger partial charge in [0.2, 0.25) is 5.12 Å². The van der Waals surface area contributed by atoms with Crippen LogP contribution in [0.4, 0.5) is 0 Å². The van der Waals surface area contributed by atoms with E-state index in [-0.39, 0.29) is 10.9 Å². The molecule has 0 radical (unpaired) electrons. The van der Waals surface area contributed by atoms with Gasteiger partial charge >= 0.3 is 0 Å². The topological polar surface area (TPSA) is 34.1 Å². The maximum Gasteiger partial charge on any atom is 0.204 e. The summed E-state index contributed by atoms with van der Waals surface area (Å²) in [4.78, 5) is 25.1. The molecule has 2 nitrogen and oxygen atoms in total. The molecule has 0 amide bonds. The zero-order chi connectivity index (χ0) is 13.7. The molecule has 96 valence electrons. The van der Waals surface area contributed by atoms with Crippen molar-refractivity contribution in [2.75, 3.05) is 0 Å². The van der Waals surface area contributed by atoms with E-state index in [2.05, 4.69) is 0 Å². The second-order valence-corrected chi connectivity index (χ2v) is 5.26. The molecule has 0 heterocycles.